The van der Waals surface area contributed by atoms with E-state index in [0.717, 1.165) is 39.1 Å². The van der Waals surface area contributed by atoms with Crippen LogP contribution >= 0.6 is 0 Å². The summed E-state index contributed by atoms with van der Waals surface area (Å²) < 4.78 is 5.09. The van der Waals surface area contributed by atoms with Gasteiger partial charge in [-0.1, -0.05) is 36.4 Å². The first-order chi connectivity index (χ1) is 12.2. The van der Waals surface area contributed by atoms with Crippen molar-refractivity contribution in [3.05, 3.63) is 59.8 Å². The van der Waals surface area contributed by atoms with Crippen molar-refractivity contribution in [3.63, 3.8) is 0 Å². The first-order valence-electron chi connectivity index (χ1n) is 8.77. The number of carbonyl (C=O) groups excluding carboxylic acids is 1. The maximum atomic E-state index is 12.4. The normalized spacial score (nSPS) is 15.2. The van der Waals surface area contributed by atoms with E-state index in [4.69, 9.17) is 4.74 Å². The van der Waals surface area contributed by atoms with Crippen molar-refractivity contribution in [1.82, 2.24) is 14.8 Å². The number of piperazine rings is 1. The number of aromatic nitrogens is 1. The number of pyridine rings is 1. The van der Waals surface area contributed by atoms with Gasteiger partial charge in [-0.15, -0.1) is 0 Å². The first kappa shape index (κ1) is 17.4. The van der Waals surface area contributed by atoms with E-state index >= 15 is 0 Å². The summed E-state index contributed by atoms with van der Waals surface area (Å²) >= 11 is 0. The van der Waals surface area contributed by atoms with Crippen LogP contribution < -0.4 is 4.74 Å². The Bertz CT molecular complexity index is 665. The molecule has 5 heteroatoms. The molecule has 132 valence electrons. The molecule has 2 aromatic rings. The van der Waals surface area contributed by atoms with Crippen LogP contribution in [0.2, 0.25) is 0 Å². The number of amides is 1. The minimum absolute atomic E-state index is 0.259. The molecule has 0 spiro atoms. The fraction of sp³-hybridized carbons (Fsp3) is 0.400. The summed E-state index contributed by atoms with van der Waals surface area (Å²) in [5.74, 6) is 0.896. The van der Waals surface area contributed by atoms with Gasteiger partial charge in [-0.05, 0) is 17.5 Å². The second-order valence-corrected chi connectivity index (χ2v) is 6.35. The van der Waals surface area contributed by atoms with E-state index in [1.54, 1.807) is 7.11 Å². The lowest BCUT2D eigenvalue weighted by Crippen LogP contribution is -2.48. The lowest BCUT2D eigenvalue weighted by atomic mass is 10.1. The standard InChI is InChI=1S/C20H25N3O2/c1-25-19-9-7-18(15-21-19)16-22-11-13-23(14-12-22)20(24)10-8-17-5-3-2-4-6-17/h2-7,9,15H,8,10-14,16H2,1H3. The predicted molar refractivity (Wildman–Crippen MR) is 97.4 cm³/mol. The van der Waals surface area contributed by atoms with Gasteiger partial charge in [0, 0.05) is 51.4 Å². The third-order valence-electron chi connectivity index (χ3n) is 4.61. The van der Waals surface area contributed by atoms with Crippen LogP contribution in [0.15, 0.2) is 48.7 Å². The van der Waals surface area contributed by atoms with Crippen molar-refractivity contribution in [2.45, 2.75) is 19.4 Å². The third kappa shape index (κ3) is 5.03. The van der Waals surface area contributed by atoms with Crippen molar-refractivity contribution in [2.75, 3.05) is 33.3 Å². The lowest BCUT2D eigenvalue weighted by molar-refractivity contribution is -0.133. The minimum Gasteiger partial charge on any atom is -0.481 e. The molecule has 0 saturated carbocycles. The molecule has 5 nitrogen and oxygen atoms in total. The number of hydrogen-bond acceptors (Lipinski definition) is 4. The quantitative estimate of drug-likeness (QED) is 0.811. The SMILES string of the molecule is COc1ccc(CN2CCN(C(=O)CCc3ccccc3)CC2)cn1. The number of aryl methyl sites for hydroxylation is 1. The molecule has 1 amide bonds. The van der Waals surface area contributed by atoms with Crippen molar-refractivity contribution >= 4 is 5.91 Å². The topological polar surface area (TPSA) is 45.7 Å². The molecule has 0 aliphatic carbocycles. The molecule has 1 aliphatic heterocycles. The van der Waals surface area contributed by atoms with Crippen LogP contribution in [0.1, 0.15) is 17.5 Å². The largest absolute Gasteiger partial charge is 0.481 e. The highest BCUT2D eigenvalue weighted by atomic mass is 16.5. The Morgan fingerprint density at radius 3 is 2.44 bits per heavy atom. The van der Waals surface area contributed by atoms with Crippen LogP contribution in [0.4, 0.5) is 0 Å². The maximum absolute atomic E-state index is 12.4. The fourth-order valence-electron chi connectivity index (χ4n) is 3.09. The van der Waals surface area contributed by atoms with Gasteiger partial charge in [-0.3, -0.25) is 9.69 Å². The van der Waals surface area contributed by atoms with Crippen LogP contribution in [0.5, 0.6) is 5.88 Å². The van der Waals surface area contributed by atoms with E-state index in [1.807, 2.05) is 41.4 Å². The molecule has 2 heterocycles. The highest BCUT2D eigenvalue weighted by molar-refractivity contribution is 5.76. The van der Waals surface area contributed by atoms with Crippen LogP contribution in [0.3, 0.4) is 0 Å². The van der Waals surface area contributed by atoms with Gasteiger partial charge in [0.1, 0.15) is 0 Å². The molecule has 0 atom stereocenters. The number of methoxy groups -OCH3 is 1. The van der Waals surface area contributed by atoms with Gasteiger partial charge in [0.05, 0.1) is 7.11 Å². The van der Waals surface area contributed by atoms with Gasteiger partial charge < -0.3 is 9.64 Å². The van der Waals surface area contributed by atoms with Crippen molar-refractivity contribution in [2.24, 2.45) is 0 Å². The summed E-state index contributed by atoms with van der Waals surface area (Å²) in [6.45, 7) is 4.28. The average Bonchev–Trinajstić information content (AvgIpc) is 2.68. The number of rotatable bonds is 6. The summed E-state index contributed by atoms with van der Waals surface area (Å²) in [7, 11) is 1.62. The second-order valence-electron chi connectivity index (χ2n) is 6.35. The van der Waals surface area contributed by atoms with Gasteiger partial charge in [0.2, 0.25) is 11.8 Å². The Labute approximate surface area is 149 Å². The van der Waals surface area contributed by atoms with Crippen LogP contribution in [-0.4, -0.2) is 54.0 Å². The Hall–Kier alpha value is -2.40. The zero-order valence-electron chi connectivity index (χ0n) is 14.7. The van der Waals surface area contributed by atoms with Gasteiger partial charge in [-0.2, -0.15) is 0 Å². The molecule has 1 saturated heterocycles. The van der Waals surface area contributed by atoms with Gasteiger partial charge in [-0.25, -0.2) is 4.98 Å². The summed E-state index contributed by atoms with van der Waals surface area (Å²) in [6, 6.07) is 14.1. The number of nitrogens with zero attached hydrogens (tertiary/aromatic N) is 3. The zero-order valence-corrected chi connectivity index (χ0v) is 14.7. The van der Waals surface area contributed by atoms with Crippen molar-refractivity contribution < 1.29 is 9.53 Å². The molecular weight excluding hydrogens is 314 g/mol. The molecule has 0 radical (unpaired) electrons. The molecule has 0 unspecified atom stereocenters. The molecule has 1 aromatic heterocycles. The fourth-order valence-corrected chi connectivity index (χ4v) is 3.09. The molecule has 1 fully saturated rings. The summed E-state index contributed by atoms with van der Waals surface area (Å²) in [6.07, 6.45) is 3.26. The zero-order chi connectivity index (χ0) is 17.5. The summed E-state index contributed by atoms with van der Waals surface area (Å²) in [4.78, 5) is 21.0. The molecule has 3 rings (SSSR count). The number of ether oxygens (including phenoxy) is 1. The van der Waals surface area contributed by atoms with Crippen LogP contribution in [0, 0.1) is 0 Å². The van der Waals surface area contributed by atoms with E-state index in [0.29, 0.717) is 12.3 Å². The Morgan fingerprint density at radius 2 is 1.80 bits per heavy atom. The highest BCUT2D eigenvalue weighted by Gasteiger charge is 2.20. The summed E-state index contributed by atoms with van der Waals surface area (Å²) in [5.41, 5.74) is 2.39. The van der Waals surface area contributed by atoms with Crippen molar-refractivity contribution in [3.8, 4) is 5.88 Å². The molecular formula is C20H25N3O2. The Morgan fingerprint density at radius 1 is 1.04 bits per heavy atom. The van der Waals surface area contributed by atoms with E-state index in [9.17, 15) is 4.79 Å². The smallest absolute Gasteiger partial charge is 0.222 e. The maximum Gasteiger partial charge on any atom is 0.222 e. The second kappa shape index (κ2) is 8.62. The van der Waals surface area contributed by atoms with Gasteiger partial charge in [0.25, 0.3) is 0 Å². The first-order valence-corrected chi connectivity index (χ1v) is 8.77. The number of hydrogen-bond donors (Lipinski definition) is 0. The number of benzene rings is 1. The third-order valence-corrected chi connectivity index (χ3v) is 4.61. The summed E-state index contributed by atoms with van der Waals surface area (Å²) in [5, 5.41) is 0. The lowest BCUT2D eigenvalue weighted by Gasteiger charge is -2.34. The van der Waals surface area contributed by atoms with Crippen LogP contribution in [-0.2, 0) is 17.8 Å². The van der Waals surface area contributed by atoms with Gasteiger partial charge in [0.15, 0.2) is 0 Å². The van der Waals surface area contributed by atoms with Gasteiger partial charge >= 0.3 is 0 Å². The van der Waals surface area contributed by atoms with E-state index in [2.05, 4.69) is 22.0 Å². The molecule has 1 aliphatic rings. The van der Waals surface area contributed by atoms with Crippen molar-refractivity contribution in [1.29, 1.82) is 0 Å². The molecule has 25 heavy (non-hydrogen) atoms. The Balaban J connectivity index is 1.42. The average molecular weight is 339 g/mol. The van der Waals surface area contributed by atoms with E-state index < -0.39 is 0 Å². The number of carbonyl (C=O) groups is 1. The predicted octanol–water partition coefficient (Wildman–Crippen LogP) is 2.37. The van der Waals surface area contributed by atoms with Crippen LogP contribution in [0.25, 0.3) is 0 Å². The molecule has 0 N–H and O–H groups in total. The highest BCUT2D eigenvalue weighted by Crippen LogP contribution is 2.12. The minimum atomic E-state index is 0.259. The monoisotopic (exact) mass is 339 g/mol. The van der Waals surface area contributed by atoms with E-state index in [-0.39, 0.29) is 5.91 Å². The molecule has 0 bridgehead atoms. The Kier molecular flexibility index (Phi) is 6.01. The molecule has 1 aromatic carbocycles. The van der Waals surface area contributed by atoms with E-state index in [1.165, 1.54) is 11.1 Å².